The molecule has 120 valence electrons. The molecule has 0 spiro atoms. The highest BCUT2D eigenvalue weighted by Crippen LogP contribution is 2.29. The van der Waals surface area contributed by atoms with Crippen LogP contribution in [-0.2, 0) is 14.3 Å². The van der Waals surface area contributed by atoms with Crippen LogP contribution in [0.3, 0.4) is 0 Å². The second-order valence-corrected chi connectivity index (χ2v) is 5.54. The molecule has 1 aromatic carbocycles. The first kappa shape index (κ1) is 16.6. The Balaban J connectivity index is 1.93. The molecule has 1 aliphatic rings. The molecule has 1 saturated heterocycles. The summed E-state index contributed by atoms with van der Waals surface area (Å²) in [7, 11) is 0. The number of Topliss-reactive ketones (excluding diaryl/α,β-unsaturated/α-hetero) is 1. The number of anilines is 1. The van der Waals surface area contributed by atoms with E-state index >= 15 is 0 Å². The van der Waals surface area contributed by atoms with Gasteiger partial charge in [0.1, 0.15) is 0 Å². The maximum atomic E-state index is 12.4. The minimum absolute atomic E-state index is 0.148. The lowest BCUT2D eigenvalue weighted by Crippen LogP contribution is -2.46. The molecule has 0 unspecified atom stereocenters. The number of carbonyl (C=O) groups is 2. The van der Waals surface area contributed by atoms with Crippen LogP contribution in [0.5, 0.6) is 0 Å². The molecule has 0 radical (unpaired) electrons. The van der Waals surface area contributed by atoms with Crippen molar-refractivity contribution in [2.75, 3.05) is 24.7 Å². The Hall–Kier alpha value is -1.72. The van der Waals surface area contributed by atoms with Crippen LogP contribution in [0.2, 0.25) is 0 Å². The van der Waals surface area contributed by atoms with Gasteiger partial charge in [0.25, 0.3) is 5.91 Å². The first-order valence-electron chi connectivity index (χ1n) is 7.80. The highest BCUT2D eigenvalue weighted by atomic mass is 16.5. The van der Waals surface area contributed by atoms with E-state index in [4.69, 9.17) is 4.74 Å². The monoisotopic (exact) mass is 305 g/mol. The average molecular weight is 305 g/mol. The van der Waals surface area contributed by atoms with Gasteiger partial charge in [0.2, 0.25) is 5.60 Å². The van der Waals surface area contributed by atoms with Crippen LogP contribution in [0.15, 0.2) is 30.3 Å². The smallest absolute Gasteiger partial charge is 0.266 e. The molecule has 0 saturated carbocycles. The zero-order valence-electron chi connectivity index (χ0n) is 13.0. The number of nitrogens with zero attached hydrogens (tertiary/aromatic N) is 1. The molecule has 1 fully saturated rings. The molecular weight excluding hydrogens is 282 g/mol. The average Bonchev–Trinajstić information content (AvgIpc) is 2.85. The Labute approximate surface area is 130 Å². The van der Waals surface area contributed by atoms with Crippen molar-refractivity contribution in [3.05, 3.63) is 30.3 Å². The zero-order chi connectivity index (χ0) is 16.0. The molecule has 1 aliphatic heterocycles. The summed E-state index contributed by atoms with van der Waals surface area (Å²) >= 11 is 0. The highest BCUT2D eigenvalue weighted by Gasteiger charge is 2.50. The molecule has 1 aromatic rings. The summed E-state index contributed by atoms with van der Waals surface area (Å²) in [5.74, 6) is -0.922. The fraction of sp³-hybridized carbons (Fsp3) is 0.529. The fourth-order valence-electron chi connectivity index (χ4n) is 2.61. The van der Waals surface area contributed by atoms with Crippen molar-refractivity contribution in [1.29, 1.82) is 0 Å². The van der Waals surface area contributed by atoms with Gasteiger partial charge in [0, 0.05) is 38.3 Å². The van der Waals surface area contributed by atoms with E-state index in [1.165, 1.54) is 4.90 Å². The standard InChI is InChI=1S/C17H23NO4/c1-2-12-22-13-6-9-15(19)17(21)10-11-18(16(17)20)14-7-4-3-5-8-14/h3-5,7-8,21H,2,6,9-13H2,1H3/t17-/m0/s1. The highest BCUT2D eigenvalue weighted by molar-refractivity contribution is 6.16. The maximum Gasteiger partial charge on any atom is 0.266 e. The molecule has 2 rings (SSSR count). The Kier molecular flexibility index (Phi) is 5.69. The predicted molar refractivity (Wildman–Crippen MR) is 83.7 cm³/mol. The zero-order valence-corrected chi connectivity index (χ0v) is 13.0. The van der Waals surface area contributed by atoms with E-state index in [0.29, 0.717) is 31.9 Å². The second-order valence-electron chi connectivity index (χ2n) is 5.54. The van der Waals surface area contributed by atoms with Gasteiger partial charge in [-0.15, -0.1) is 0 Å². The van der Waals surface area contributed by atoms with E-state index in [-0.39, 0.29) is 12.8 Å². The summed E-state index contributed by atoms with van der Waals surface area (Å²) in [6, 6.07) is 9.11. The van der Waals surface area contributed by atoms with Gasteiger partial charge in [0.05, 0.1) is 0 Å². The third kappa shape index (κ3) is 3.54. The van der Waals surface area contributed by atoms with Crippen molar-refractivity contribution in [3.8, 4) is 0 Å². The number of hydrogen-bond donors (Lipinski definition) is 1. The van der Waals surface area contributed by atoms with E-state index in [9.17, 15) is 14.7 Å². The Bertz CT molecular complexity index is 517. The molecule has 1 atom stereocenters. The number of amides is 1. The van der Waals surface area contributed by atoms with Crippen LogP contribution < -0.4 is 4.90 Å². The first-order chi connectivity index (χ1) is 10.6. The summed E-state index contributed by atoms with van der Waals surface area (Å²) in [6.45, 7) is 3.52. The molecule has 1 amide bonds. The summed E-state index contributed by atoms with van der Waals surface area (Å²) in [6.07, 6.45) is 1.77. The number of ether oxygens (including phenoxy) is 1. The van der Waals surface area contributed by atoms with Crippen molar-refractivity contribution in [2.24, 2.45) is 0 Å². The Morgan fingerprint density at radius 2 is 2.05 bits per heavy atom. The summed E-state index contributed by atoms with van der Waals surface area (Å²) < 4.78 is 5.32. The van der Waals surface area contributed by atoms with E-state index < -0.39 is 17.3 Å². The van der Waals surface area contributed by atoms with Crippen molar-refractivity contribution in [2.45, 2.75) is 38.2 Å². The molecule has 22 heavy (non-hydrogen) atoms. The van der Waals surface area contributed by atoms with Gasteiger partial charge in [-0.2, -0.15) is 0 Å². The summed E-state index contributed by atoms with van der Waals surface area (Å²) in [5.41, 5.74) is -1.16. The van der Waals surface area contributed by atoms with Crippen molar-refractivity contribution in [3.63, 3.8) is 0 Å². The molecule has 0 bridgehead atoms. The third-order valence-electron chi connectivity index (χ3n) is 3.87. The van der Waals surface area contributed by atoms with Gasteiger partial charge in [-0.05, 0) is 25.0 Å². The molecule has 1 N–H and O–H groups in total. The quantitative estimate of drug-likeness (QED) is 0.589. The number of ketones is 1. The van der Waals surface area contributed by atoms with E-state index in [1.54, 1.807) is 12.1 Å². The number of aliphatic hydroxyl groups is 1. The molecule has 0 aromatic heterocycles. The lowest BCUT2D eigenvalue weighted by Gasteiger charge is -2.21. The number of carbonyl (C=O) groups excluding carboxylic acids is 2. The van der Waals surface area contributed by atoms with E-state index in [1.807, 2.05) is 25.1 Å². The summed E-state index contributed by atoms with van der Waals surface area (Å²) in [5, 5.41) is 10.5. The van der Waals surface area contributed by atoms with Gasteiger partial charge in [-0.25, -0.2) is 0 Å². The van der Waals surface area contributed by atoms with Crippen LogP contribution in [0.1, 0.15) is 32.6 Å². The second kappa shape index (κ2) is 7.51. The van der Waals surface area contributed by atoms with Crippen LogP contribution >= 0.6 is 0 Å². The molecule has 5 heteroatoms. The Morgan fingerprint density at radius 1 is 1.32 bits per heavy atom. The third-order valence-corrected chi connectivity index (χ3v) is 3.87. The van der Waals surface area contributed by atoms with Gasteiger partial charge in [-0.3, -0.25) is 9.59 Å². The van der Waals surface area contributed by atoms with E-state index in [0.717, 1.165) is 6.42 Å². The SMILES string of the molecule is CCCOCCCC(=O)[C@@]1(O)CCN(c2ccccc2)C1=O. The predicted octanol–water partition coefficient (Wildman–Crippen LogP) is 1.93. The number of para-hydroxylation sites is 1. The van der Waals surface area contributed by atoms with Crippen LogP contribution in [0, 0.1) is 0 Å². The number of benzene rings is 1. The fourth-order valence-corrected chi connectivity index (χ4v) is 2.61. The van der Waals surface area contributed by atoms with Crippen LogP contribution in [-0.4, -0.2) is 42.2 Å². The minimum Gasteiger partial charge on any atom is -0.381 e. The van der Waals surface area contributed by atoms with Gasteiger partial charge in [0.15, 0.2) is 5.78 Å². The molecular formula is C17H23NO4. The Morgan fingerprint density at radius 3 is 2.73 bits per heavy atom. The van der Waals surface area contributed by atoms with Crippen LogP contribution in [0.25, 0.3) is 0 Å². The van der Waals surface area contributed by atoms with E-state index in [2.05, 4.69) is 0 Å². The lowest BCUT2D eigenvalue weighted by molar-refractivity contribution is -0.147. The molecule has 1 heterocycles. The molecule has 0 aliphatic carbocycles. The lowest BCUT2D eigenvalue weighted by atomic mass is 9.93. The largest absolute Gasteiger partial charge is 0.381 e. The van der Waals surface area contributed by atoms with Crippen molar-refractivity contribution >= 4 is 17.4 Å². The summed E-state index contributed by atoms with van der Waals surface area (Å²) in [4.78, 5) is 26.1. The first-order valence-corrected chi connectivity index (χ1v) is 7.80. The van der Waals surface area contributed by atoms with Crippen molar-refractivity contribution < 1.29 is 19.4 Å². The number of rotatable bonds is 8. The van der Waals surface area contributed by atoms with Crippen LogP contribution in [0.4, 0.5) is 5.69 Å². The molecule has 5 nitrogen and oxygen atoms in total. The normalized spacial score (nSPS) is 21.4. The van der Waals surface area contributed by atoms with Gasteiger partial charge in [-0.1, -0.05) is 25.1 Å². The number of hydrogen-bond acceptors (Lipinski definition) is 4. The topological polar surface area (TPSA) is 66.8 Å². The minimum atomic E-state index is -1.87. The van der Waals surface area contributed by atoms with Crippen molar-refractivity contribution in [1.82, 2.24) is 0 Å². The van der Waals surface area contributed by atoms with Gasteiger partial charge < -0.3 is 14.7 Å². The van der Waals surface area contributed by atoms with Gasteiger partial charge >= 0.3 is 0 Å². The maximum absolute atomic E-state index is 12.4.